The summed E-state index contributed by atoms with van der Waals surface area (Å²) in [6.07, 6.45) is 6.95. The van der Waals surface area contributed by atoms with Gasteiger partial charge < -0.3 is 4.52 Å². The summed E-state index contributed by atoms with van der Waals surface area (Å²) < 4.78 is 33.9. The van der Waals surface area contributed by atoms with Gasteiger partial charge in [-0.05, 0) is 30.2 Å². The highest BCUT2D eigenvalue weighted by Crippen LogP contribution is 2.30. The molecule has 4 aromatic rings. The van der Waals surface area contributed by atoms with E-state index in [1.807, 2.05) is 30.3 Å². The summed E-state index contributed by atoms with van der Waals surface area (Å²) in [5.41, 5.74) is 0.543. The van der Waals surface area contributed by atoms with Gasteiger partial charge in [0.2, 0.25) is 21.7 Å². The normalized spacial score (nSPS) is 17.7. The van der Waals surface area contributed by atoms with Gasteiger partial charge in [-0.3, -0.25) is 4.98 Å². The van der Waals surface area contributed by atoms with Gasteiger partial charge in [-0.1, -0.05) is 41.6 Å². The maximum atomic E-state index is 13.4. The molecule has 8 nitrogen and oxygen atoms in total. The minimum absolute atomic E-state index is 0.105. The molecular weight excluding hydrogens is 414 g/mol. The van der Waals surface area contributed by atoms with Gasteiger partial charge in [-0.2, -0.15) is 9.29 Å². The second-order valence-electron chi connectivity index (χ2n) is 7.66. The zero-order valence-electron chi connectivity index (χ0n) is 16.8. The summed E-state index contributed by atoms with van der Waals surface area (Å²) in [6.45, 7) is 0.936. The number of rotatable bonds is 5. The molecule has 0 saturated carbocycles. The monoisotopic (exact) mass is 435 g/mol. The SMILES string of the molecule is O=S(=O)(c1cccc2ccccc12)N1CCCC(Cc2nc(-c3cnccn3)no2)C1. The molecule has 2 aromatic heterocycles. The van der Waals surface area contributed by atoms with Gasteiger partial charge in [0, 0.05) is 37.3 Å². The summed E-state index contributed by atoms with van der Waals surface area (Å²) >= 11 is 0. The van der Waals surface area contributed by atoms with Crippen LogP contribution in [0.5, 0.6) is 0 Å². The Hall–Kier alpha value is -3.17. The molecule has 9 heteroatoms. The highest BCUT2D eigenvalue weighted by Gasteiger charge is 2.32. The molecule has 1 aliphatic heterocycles. The van der Waals surface area contributed by atoms with Crippen molar-refractivity contribution in [2.45, 2.75) is 24.2 Å². The average molecular weight is 436 g/mol. The molecule has 31 heavy (non-hydrogen) atoms. The summed E-state index contributed by atoms with van der Waals surface area (Å²) in [4.78, 5) is 13.0. The van der Waals surface area contributed by atoms with Crippen LogP contribution in [0.3, 0.4) is 0 Å². The van der Waals surface area contributed by atoms with E-state index in [0.29, 0.717) is 41.8 Å². The van der Waals surface area contributed by atoms with E-state index < -0.39 is 10.0 Å². The predicted octanol–water partition coefficient (Wildman–Crippen LogP) is 3.32. The van der Waals surface area contributed by atoms with E-state index >= 15 is 0 Å². The third kappa shape index (κ3) is 3.94. The van der Waals surface area contributed by atoms with Crippen molar-refractivity contribution >= 4 is 20.8 Å². The standard InChI is InChI=1S/C22H21N5O3S/c28-31(29,20-9-3-7-17-6-1-2-8-18(17)20)27-12-4-5-16(15-27)13-21-25-22(26-30-21)19-14-23-10-11-24-19/h1-3,6-11,14,16H,4-5,12-13,15H2. The average Bonchev–Trinajstić information content (AvgIpc) is 3.28. The topological polar surface area (TPSA) is 102 Å². The van der Waals surface area contributed by atoms with E-state index in [9.17, 15) is 8.42 Å². The minimum Gasteiger partial charge on any atom is -0.339 e. The van der Waals surface area contributed by atoms with Gasteiger partial charge in [-0.25, -0.2) is 13.4 Å². The lowest BCUT2D eigenvalue weighted by molar-refractivity contribution is 0.247. The van der Waals surface area contributed by atoms with Crippen molar-refractivity contribution in [3.05, 3.63) is 66.9 Å². The van der Waals surface area contributed by atoms with Crippen molar-refractivity contribution in [1.29, 1.82) is 0 Å². The van der Waals surface area contributed by atoms with E-state index in [2.05, 4.69) is 20.1 Å². The molecule has 0 amide bonds. The molecule has 1 fully saturated rings. The molecule has 0 spiro atoms. The van der Waals surface area contributed by atoms with Gasteiger partial charge in [-0.15, -0.1) is 0 Å². The fourth-order valence-corrected chi connectivity index (χ4v) is 5.84. The van der Waals surface area contributed by atoms with Crippen LogP contribution < -0.4 is 0 Å². The van der Waals surface area contributed by atoms with E-state index in [4.69, 9.17) is 4.52 Å². The van der Waals surface area contributed by atoms with Gasteiger partial charge >= 0.3 is 0 Å². The lowest BCUT2D eigenvalue weighted by atomic mass is 9.96. The molecule has 2 aromatic carbocycles. The number of hydrogen-bond donors (Lipinski definition) is 0. The van der Waals surface area contributed by atoms with Crippen molar-refractivity contribution in [3.63, 3.8) is 0 Å². The Bertz CT molecular complexity index is 1300. The molecule has 0 radical (unpaired) electrons. The third-order valence-corrected chi connectivity index (χ3v) is 7.50. The number of hydrogen-bond acceptors (Lipinski definition) is 7. The Labute approximate surface area is 180 Å². The Balaban J connectivity index is 1.35. The van der Waals surface area contributed by atoms with Crippen LogP contribution in [0.15, 0.2) is 70.5 Å². The van der Waals surface area contributed by atoms with Crippen LogP contribution in [0, 0.1) is 5.92 Å². The molecule has 1 saturated heterocycles. The molecular formula is C22H21N5O3S. The van der Waals surface area contributed by atoms with Crippen LogP contribution in [0.25, 0.3) is 22.3 Å². The van der Waals surface area contributed by atoms with Gasteiger partial charge in [0.1, 0.15) is 5.69 Å². The number of nitrogens with zero attached hydrogens (tertiary/aromatic N) is 5. The van der Waals surface area contributed by atoms with Crippen LogP contribution >= 0.6 is 0 Å². The predicted molar refractivity (Wildman–Crippen MR) is 114 cm³/mol. The minimum atomic E-state index is -3.60. The van der Waals surface area contributed by atoms with E-state index in [0.717, 1.165) is 23.6 Å². The van der Waals surface area contributed by atoms with Crippen molar-refractivity contribution in [3.8, 4) is 11.5 Å². The molecule has 5 rings (SSSR count). The molecule has 1 atom stereocenters. The van der Waals surface area contributed by atoms with Crippen LogP contribution in [0.4, 0.5) is 0 Å². The van der Waals surface area contributed by atoms with Crippen molar-refractivity contribution < 1.29 is 12.9 Å². The van der Waals surface area contributed by atoms with Crippen LogP contribution in [-0.4, -0.2) is 45.9 Å². The first-order valence-electron chi connectivity index (χ1n) is 10.2. The second-order valence-corrected chi connectivity index (χ2v) is 9.56. The second kappa shape index (κ2) is 8.16. The summed E-state index contributed by atoms with van der Waals surface area (Å²) in [7, 11) is -3.60. The molecule has 0 bridgehead atoms. The highest BCUT2D eigenvalue weighted by molar-refractivity contribution is 7.89. The van der Waals surface area contributed by atoms with Crippen LogP contribution in [0.2, 0.25) is 0 Å². The molecule has 0 N–H and O–H groups in total. The van der Waals surface area contributed by atoms with Crippen LogP contribution in [0.1, 0.15) is 18.7 Å². The Kier molecular flexibility index (Phi) is 5.21. The zero-order valence-corrected chi connectivity index (χ0v) is 17.6. The molecule has 0 aliphatic carbocycles. The Morgan fingerprint density at radius 1 is 1.10 bits per heavy atom. The first-order chi connectivity index (χ1) is 15.1. The molecule has 1 aliphatic rings. The lowest BCUT2D eigenvalue weighted by Gasteiger charge is -2.31. The molecule has 3 heterocycles. The van der Waals surface area contributed by atoms with Crippen molar-refractivity contribution in [1.82, 2.24) is 24.4 Å². The molecule has 158 valence electrons. The maximum absolute atomic E-state index is 13.4. The number of piperidine rings is 1. The summed E-state index contributed by atoms with van der Waals surface area (Å²) in [5, 5.41) is 5.65. The summed E-state index contributed by atoms with van der Waals surface area (Å²) in [6, 6.07) is 13.0. The Morgan fingerprint density at radius 2 is 1.97 bits per heavy atom. The highest BCUT2D eigenvalue weighted by atomic mass is 32.2. The summed E-state index contributed by atoms with van der Waals surface area (Å²) in [5.74, 6) is 0.975. The molecule has 1 unspecified atom stereocenters. The largest absolute Gasteiger partial charge is 0.339 e. The third-order valence-electron chi connectivity index (χ3n) is 5.57. The number of fused-ring (bicyclic) bond motifs is 1. The quantitative estimate of drug-likeness (QED) is 0.474. The van der Waals surface area contributed by atoms with Gasteiger partial charge in [0.15, 0.2) is 0 Å². The number of aromatic nitrogens is 4. The van der Waals surface area contributed by atoms with Crippen LogP contribution in [-0.2, 0) is 16.4 Å². The number of benzene rings is 2. The first kappa shape index (κ1) is 19.8. The zero-order chi connectivity index (χ0) is 21.3. The van der Waals surface area contributed by atoms with Crippen molar-refractivity contribution in [2.75, 3.05) is 13.1 Å². The van der Waals surface area contributed by atoms with Gasteiger partial charge in [0.05, 0.1) is 11.1 Å². The fraction of sp³-hybridized carbons (Fsp3) is 0.273. The van der Waals surface area contributed by atoms with E-state index in [1.54, 1.807) is 35.0 Å². The Morgan fingerprint density at radius 3 is 2.84 bits per heavy atom. The smallest absolute Gasteiger partial charge is 0.243 e. The lowest BCUT2D eigenvalue weighted by Crippen LogP contribution is -2.40. The first-order valence-corrected chi connectivity index (χ1v) is 11.6. The number of sulfonamides is 1. The van der Waals surface area contributed by atoms with Crippen molar-refractivity contribution in [2.24, 2.45) is 5.92 Å². The fourth-order valence-electron chi connectivity index (χ4n) is 4.07. The van der Waals surface area contributed by atoms with E-state index in [-0.39, 0.29) is 5.92 Å². The van der Waals surface area contributed by atoms with Gasteiger partial charge in [0.25, 0.3) is 0 Å². The van der Waals surface area contributed by atoms with E-state index in [1.165, 1.54) is 0 Å². The maximum Gasteiger partial charge on any atom is 0.243 e.